The van der Waals surface area contributed by atoms with Gasteiger partial charge >= 0.3 is 5.97 Å². The van der Waals surface area contributed by atoms with Crippen molar-refractivity contribution in [2.45, 2.75) is 25.2 Å². The average molecular weight is 647 g/mol. The van der Waals surface area contributed by atoms with Crippen LogP contribution >= 0.6 is 0 Å². The van der Waals surface area contributed by atoms with Crippen molar-refractivity contribution >= 4 is 38.8 Å². The maximum Gasteiger partial charge on any atom is 0.358 e. The van der Waals surface area contributed by atoms with Crippen molar-refractivity contribution in [3.05, 3.63) is 102 Å². The largest absolute Gasteiger partial charge is 0.461 e. The molecular weight excluding hydrogens is 611 g/mol. The molecule has 5 rings (SSSR count). The average Bonchev–Trinajstić information content (AvgIpc) is 3.88. The van der Waals surface area contributed by atoms with E-state index in [1.165, 1.54) is 35.0 Å². The predicted octanol–water partition coefficient (Wildman–Crippen LogP) is 5.22. The van der Waals surface area contributed by atoms with Gasteiger partial charge in [-0.25, -0.2) is 22.6 Å². The third-order valence-electron chi connectivity index (χ3n) is 7.20. The van der Waals surface area contributed by atoms with E-state index in [1.54, 1.807) is 30.3 Å². The minimum absolute atomic E-state index is 0.000456. The second kappa shape index (κ2) is 14.5. The first kappa shape index (κ1) is 32.5. The minimum atomic E-state index is -3.69. The van der Waals surface area contributed by atoms with Crippen LogP contribution in [0.4, 0.5) is 21.5 Å². The molecule has 4 aromatic rings. The summed E-state index contributed by atoms with van der Waals surface area (Å²) in [4.78, 5) is 24.9. The van der Waals surface area contributed by atoms with Crippen LogP contribution in [-0.2, 0) is 14.8 Å². The van der Waals surface area contributed by atoms with Gasteiger partial charge < -0.3 is 20.5 Å². The van der Waals surface area contributed by atoms with Crippen LogP contribution in [0.2, 0.25) is 0 Å². The number of carbonyl (C=O) groups is 1. The summed E-state index contributed by atoms with van der Waals surface area (Å²) < 4.78 is 51.6. The number of rotatable bonds is 14. The van der Waals surface area contributed by atoms with E-state index in [4.69, 9.17) is 20.2 Å². The van der Waals surface area contributed by atoms with E-state index in [2.05, 4.69) is 15.3 Å². The number of benzene rings is 3. The lowest BCUT2D eigenvalue weighted by molar-refractivity contribution is 0.0495. The highest BCUT2D eigenvalue weighted by Crippen LogP contribution is 2.46. The van der Waals surface area contributed by atoms with Crippen molar-refractivity contribution in [3.63, 3.8) is 0 Å². The van der Waals surface area contributed by atoms with Gasteiger partial charge in [-0.3, -0.25) is 14.3 Å². The molecule has 11 nitrogen and oxygen atoms in total. The molecule has 240 valence electrons. The van der Waals surface area contributed by atoms with Crippen molar-refractivity contribution in [2.75, 3.05) is 43.0 Å². The minimum Gasteiger partial charge on any atom is -0.461 e. The highest BCUT2D eigenvalue weighted by molar-refractivity contribution is 7.92. The fourth-order valence-corrected chi connectivity index (χ4v) is 5.85. The van der Waals surface area contributed by atoms with Crippen LogP contribution in [0.25, 0.3) is 0 Å². The number of halogens is 1. The number of nitrogens with one attached hydrogen (secondary N) is 1. The molecule has 1 aromatic heterocycles. The Hall–Kier alpha value is -4.88. The van der Waals surface area contributed by atoms with Crippen LogP contribution in [0.3, 0.4) is 0 Å². The Morgan fingerprint density at radius 2 is 1.78 bits per heavy atom. The zero-order valence-electron chi connectivity index (χ0n) is 25.5. The number of nitrogens with zero attached hydrogens (tertiary/aromatic N) is 4. The summed E-state index contributed by atoms with van der Waals surface area (Å²) in [5, 5.41) is 3.15. The number of nitrogen functional groups attached to an aromatic ring is 1. The number of aromatic nitrogens is 2. The Kier molecular flexibility index (Phi) is 10.2. The van der Waals surface area contributed by atoms with Gasteiger partial charge in [-0.15, -0.1) is 0 Å². The molecule has 3 N–H and O–H groups in total. The Morgan fingerprint density at radius 1 is 1.09 bits per heavy atom. The van der Waals surface area contributed by atoms with E-state index in [9.17, 15) is 17.6 Å². The molecule has 0 radical (unpaired) electrons. The van der Waals surface area contributed by atoms with Crippen LogP contribution in [-0.4, -0.2) is 63.1 Å². The van der Waals surface area contributed by atoms with Crippen LogP contribution in [0.5, 0.6) is 11.5 Å². The summed E-state index contributed by atoms with van der Waals surface area (Å²) in [6.07, 6.45) is 7.42. The smallest absolute Gasteiger partial charge is 0.358 e. The molecule has 0 amide bonds. The first-order valence-electron chi connectivity index (χ1n) is 14.7. The highest BCUT2D eigenvalue weighted by Gasteiger charge is 2.32. The maximum absolute atomic E-state index is 13.2. The molecule has 0 bridgehead atoms. The summed E-state index contributed by atoms with van der Waals surface area (Å²) in [5.74, 6) is 0.308. The molecule has 0 atom stereocenters. The quantitative estimate of drug-likeness (QED) is 0.0814. The number of sulfonamides is 1. The number of carbonyl (C=O) groups excluding carboxylic acids is 1. The number of hydrogen-bond donors (Lipinski definition) is 2. The van der Waals surface area contributed by atoms with Crippen molar-refractivity contribution < 1.29 is 27.1 Å². The molecule has 1 saturated carbocycles. The molecule has 1 aliphatic carbocycles. The van der Waals surface area contributed by atoms with Crippen molar-refractivity contribution in [3.8, 4) is 11.5 Å². The van der Waals surface area contributed by atoms with Gasteiger partial charge in [0.15, 0.2) is 5.69 Å². The second-order valence-electron chi connectivity index (χ2n) is 10.8. The summed E-state index contributed by atoms with van der Waals surface area (Å²) >= 11 is 0. The summed E-state index contributed by atoms with van der Waals surface area (Å²) in [7, 11) is -1.89. The zero-order valence-corrected chi connectivity index (χ0v) is 26.3. The molecule has 1 fully saturated rings. The highest BCUT2D eigenvalue weighted by atomic mass is 32.2. The molecule has 46 heavy (non-hydrogen) atoms. The summed E-state index contributed by atoms with van der Waals surface area (Å²) in [5.41, 5.74) is 10.5. The van der Waals surface area contributed by atoms with Crippen molar-refractivity contribution in [1.29, 1.82) is 0 Å². The number of likely N-dealkylation sites (N-methyl/N-ethyl adjacent to an activating group) is 1. The number of anilines is 2. The lowest BCUT2D eigenvalue weighted by Crippen LogP contribution is -2.33. The summed E-state index contributed by atoms with van der Waals surface area (Å²) in [6, 6.07) is 16.6. The van der Waals surface area contributed by atoms with Gasteiger partial charge in [-0.2, -0.15) is 0 Å². The second-order valence-corrected chi connectivity index (χ2v) is 12.7. The molecule has 3 aromatic carbocycles. The van der Waals surface area contributed by atoms with Crippen LogP contribution in [0.15, 0.2) is 84.2 Å². The fraction of sp³-hybridized carbons (Fsp3) is 0.273. The third kappa shape index (κ3) is 8.43. The lowest BCUT2D eigenvalue weighted by Gasteiger charge is -2.26. The molecule has 1 aliphatic rings. The molecule has 0 spiro atoms. The third-order valence-corrected chi connectivity index (χ3v) is 8.38. The fourth-order valence-electron chi connectivity index (χ4n) is 4.87. The maximum atomic E-state index is 13.2. The Bertz CT molecular complexity index is 1800. The molecule has 13 heteroatoms. The van der Waals surface area contributed by atoms with E-state index in [0.29, 0.717) is 46.4 Å². The van der Waals surface area contributed by atoms with Crippen LogP contribution in [0, 0.1) is 5.82 Å². The van der Waals surface area contributed by atoms with Gasteiger partial charge in [0, 0.05) is 43.2 Å². The molecule has 0 unspecified atom stereocenters. The summed E-state index contributed by atoms with van der Waals surface area (Å²) in [6.45, 7) is 0.504. The van der Waals surface area contributed by atoms with Gasteiger partial charge in [0.25, 0.3) is 0 Å². The molecular formula is C33H35FN6O5S. The number of ether oxygens (including phenoxy) is 2. The van der Waals surface area contributed by atoms with Gasteiger partial charge in [-0.1, -0.05) is 0 Å². The van der Waals surface area contributed by atoms with Gasteiger partial charge in [0.05, 0.1) is 36.1 Å². The number of esters is 1. The van der Waals surface area contributed by atoms with Gasteiger partial charge in [0.1, 0.15) is 17.3 Å². The Labute approximate surface area is 267 Å². The van der Waals surface area contributed by atoms with E-state index >= 15 is 0 Å². The van der Waals surface area contributed by atoms with Crippen LogP contribution in [0.1, 0.15) is 46.8 Å². The van der Waals surface area contributed by atoms with Crippen molar-refractivity contribution in [1.82, 2.24) is 15.3 Å². The SMILES string of the molecule is CNCC(=Nc1ccc(Oc2ccc(F)cc2)cc1)c1cc(C2CC2)c(N(CCCOC(=O)c2cnccn2)S(C)(=O)=O)cc1N. The lowest BCUT2D eigenvalue weighted by atomic mass is 9.99. The zero-order chi connectivity index (χ0) is 32.7. The normalized spacial score (nSPS) is 13.3. The number of nitrogens with two attached hydrogens (primary N) is 1. The van der Waals surface area contributed by atoms with Gasteiger partial charge in [0.2, 0.25) is 10.0 Å². The Morgan fingerprint density at radius 3 is 2.39 bits per heavy atom. The standard InChI is InChI=1S/C33H35FN6O5S/c1-36-20-30(39-24-8-12-26(13-9-24)45-25-10-6-23(34)7-11-25)28-18-27(22-4-5-22)32(19-29(28)35)40(46(2,42)43)16-3-17-44-33(41)31-21-37-14-15-38-31/h6-15,18-19,21-22,36H,3-5,16-17,20,35H2,1-2H3. The van der Waals surface area contributed by atoms with E-state index in [1.807, 2.05) is 25.2 Å². The van der Waals surface area contributed by atoms with Gasteiger partial charge in [-0.05, 0) is 92.0 Å². The predicted molar refractivity (Wildman–Crippen MR) is 175 cm³/mol. The van der Waals surface area contributed by atoms with Crippen LogP contribution < -0.4 is 20.1 Å². The first-order valence-corrected chi connectivity index (χ1v) is 16.6. The topological polar surface area (TPSA) is 149 Å². The molecule has 0 aliphatic heterocycles. The number of hydrogen-bond acceptors (Lipinski definition) is 10. The Balaban J connectivity index is 1.37. The number of aliphatic imine (C=N–C) groups is 1. The molecule has 1 heterocycles. The van der Waals surface area contributed by atoms with E-state index in [0.717, 1.165) is 24.7 Å². The van der Waals surface area contributed by atoms with Crippen molar-refractivity contribution in [2.24, 2.45) is 4.99 Å². The molecule has 0 saturated heterocycles. The van der Waals surface area contributed by atoms with E-state index in [-0.39, 0.29) is 37.0 Å². The van der Waals surface area contributed by atoms with E-state index < -0.39 is 16.0 Å². The first-order chi connectivity index (χ1) is 22.1. The monoisotopic (exact) mass is 646 g/mol.